The number of pyridine rings is 1. The van der Waals surface area contributed by atoms with E-state index in [0.717, 1.165) is 29.6 Å². The lowest BCUT2D eigenvalue weighted by atomic mass is 10.2. The van der Waals surface area contributed by atoms with Crippen molar-refractivity contribution in [3.63, 3.8) is 0 Å². The molecule has 24 heavy (non-hydrogen) atoms. The van der Waals surface area contributed by atoms with Gasteiger partial charge >= 0.3 is 0 Å². The molecule has 2 N–H and O–H groups in total. The summed E-state index contributed by atoms with van der Waals surface area (Å²) in [4.78, 5) is 8.92. The molecule has 0 radical (unpaired) electrons. The van der Waals surface area contributed by atoms with Crippen LogP contribution in [0.25, 0.3) is 5.82 Å². The first-order valence-electron chi connectivity index (χ1n) is 7.84. The van der Waals surface area contributed by atoms with Crippen LogP contribution in [0.4, 0.5) is 0 Å². The van der Waals surface area contributed by atoms with Crippen molar-refractivity contribution in [2.75, 3.05) is 6.54 Å². The van der Waals surface area contributed by atoms with Crippen molar-refractivity contribution in [1.29, 1.82) is 0 Å². The van der Waals surface area contributed by atoms with Crippen molar-refractivity contribution in [2.24, 2.45) is 4.99 Å². The SMILES string of the molecule is CCNC(=NCc1ccnc(-n2cccn2)c1)NCc1ccco1. The Kier molecular flexibility index (Phi) is 5.24. The molecular formula is C17H20N6O. The van der Waals surface area contributed by atoms with E-state index in [0.29, 0.717) is 13.1 Å². The molecule has 0 bridgehead atoms. The zero-order valence-corrected chi connectivity index (χ0v) is 13.5. The second-order valence-corrected chi connectivity index (χ2v) is 5.10. The van der Waals surface area contributed by atoms with Gasteiger partial charge in [-0.1, -0.05) is 0 Å². The minimum Gasteiger partial charge on any atom is -0.467 e. The highest BCUT2D eigenvalue weighted by Gasteiger charge is 2.02. The van der Waals surface area contributed by atoms with E-state index in [1.807, 2.05) is 43.5 Å². The maximum atomic E-state index is 5.32. The van der Waals surface area contributed by atoms with Gasteiger partial charge in [-0.25, -0.2) is 14.7 Å². The van der Waals surface area contributed by atoms with Crippen molar-refractivity contribution in [2.45, 2.75) is 20.0 Å². The Balaban J connectivity index is 1.66. The Morgan fingerprint density at radius 2 is 2.21 bits per heavy atom. The first-order valence-corrected chi connectivity index (χ1v) is 7.84. The largest absolute Gasteiger partial charge is 0.467 e. The highest BCUT2D eigenvalue weighted by molar-refractivity contribution is 5.79. The molecule has 0 saturated heterocycles. The van der Waals surface area contributed by atoms with Crippen LogP contribution < -0.4 is 10.6 Å². The van der Waals surface area contributed by atoms with Crippen molar-refractivity contribution < 1.29 is 4.42 Å². The summed E-state index contributed by atoms with van der Waals surface area (Å²) in [6.07, 6.45) is 7.03. The van der Waals surface area contributed by atoms with Gasteiger partial charge in [-0.15, -0.1) is 0 Å². The number of aromatic nitrogens is 3. The topological polar surface area (TPSA) is 80.3 Å². The summed E-state index contributed by atoms with van der Waals surface area (Å²) in [6.45, 7) is 3.96. The minimum atomic E-state index is 0.546. The van der Waals surface area contributed by atoms with Gasteiger partial charge in [-0.2, -0.15) is 5.10 Å². The van der Waals surface area contributed by atoms with E-state index >= 15 is 0 Å². The second kappa shape index (κ2) is 7.96. The van der Waals surface area contributed by atoms with Gasteiger partial charge in [0.25, 0.3) is 0 Å². The second-order valence-electron chi connectivity index (χ2n) is 5.10. The lowest BCUT2D eigenvalue weighted by Gasteiger charge is -2.10. The maximum Gasteiger partial charge on any atom is 0.191 e. The standard InChI is InChI=1S/C17H20N6O/c1-2-18-17(21-13-15-5-3-10-24-15)20-12-14-6-8-19-16(11-14)23-9-4-7-22-23/h3-11H,2,12-13H2,1H3,(H2,18,20,21). The zero-order valence-electron chi connectivity index (χ0n) is 13.5. The summed E-state index contributed by atoms with van der Waals surface area (Å²) >= 11 is 0. The third kappa shape index (κ3) is 4.22. The molecular weight excluding hydrogens is 304 g/mol. The molecule has 124 valence electrons. The van der Waals surface area contributed by atoms with Crippen molar-refractivity contribution >= 4 is 5.96 Å². The van der Waals surface area contributed by atoms with E-state index in [4.69, 9.17) is 4.42 Å². The van der Waals surface area contributed by atoms with E-state index in [1.165, 1.54) is 0 Å². The van der Waals surface area contributed by atoms with Crippen LogP contribution in [0.5, 0.6) is 0 Å². The first kappa shape index (κ1) is 15.8. The summed E-state index contributed by atoms with van der Waals surface area (Å²) in [6, 6.07) is 9.60. The fourth-order valence-corrected chi connectivity index (χ4v) is 2.18. The molecule has 3 heterocycles. The summed E-state index contributed by atoms with van der Waals surface area (Å²) in [5, 5.41) is 10.7. The lowest BCUT2D eigenvalue weighted by molar-refractivity contribution is 0.501. The smallest absolute Gasteiger partial charge is 0.191 e. The Morgan fingerprint density at radius 3 is 2.96 bits per heavy atom. The molecule has 0 amide bonds. The van der Waals surface area contributed by atoms with Crippen LogP contribution in [-0.4, -0.2) is 27.3 Å². The van der Waals surface area contributed by atoms with Crippen LogP contribution >= 0.6 is 0 Å². The zero-order chi connectivity index (χ0) is 16.6. The van der Waals surface area contributed by atoms with Crippen molar-refractivity contribution in [1.82, 2.24) is 25.4 Å². The van der Waals surface area contributed by atoms with Crippen LogP contribution in [-0.2, 0) is 13.1 Å². The first-order chi connectivity index (χ1) is 11.8. The average molecular weight is 324 g/mol. The number of guanidine groups is 1. The number of nitrogens with one attached hydrogen (secondary N) is 2. The quantitative estimate of drug-likeness (QED) is 0.536. The Bertz CT molecular complexity index is 764. The number of rotatable bonds is 6. The predicted octanol–water partition coefficient (Wildman–Crippen LogP) is 2.12. The average Bonchev–Trinajstić information content (AvgIpc) is 3.31. The summed E-state index contributed by atoms with van der Waals surface area (Å²) in [5.74, 6) is 2.39. The molecule has 3 aromatic heterocycles. The maximum absolute atomic E-state index is 5.32. The Labute approximate surface area is 140 Å². The fraction of sp³-hybridized carbons (Fsp3) is 0.235. The van der Waals surface area contributed by atoms with E-state index in [9.17, 15) is 0 Å². The molecule has 0 fully saturated rings. The molecule has 0 unspecified atom stereocenters. The number of aliphatic imine (C=N–C) groups is 1. The number of furan rings is 1. The van der Waals surface area contributed by atoms with E-state index in [2.05, 4.69) is 25.7 Å². The van der Waals surface area contributed by atoms with E-state index in [1.54, 1.807) is 23.3 Å². The summed E-state index contributed by atoms with van der Waals surface area (Å²) in [7, 11) is 0. The number of hydrogen-bond acceptors (Lipinski definition) is 4. The van der Waals surface area contributed by atoms with Gasteiger partial charge in [0.1, 0.15) is 5.76 Å². The van der Waals surface area contributed by atoms with Crippen LogP contribution in [0.1, 0.15) is 18.2 Å². The highest BCUT2D eigenvalue weighted by atomic mass is 16.3. The van der Waals surface area contributed by atoms with Gasteiger partial charge in [0.15, 0.2) is 11.8 Å². The molecule has 0 aliphatic heterocycles. The van der Waals surface area contributed by atoms with Crippen molar-refractivity contribution in [3.05, 3.63) is 66.5 Å². The minimum absolute atomic E-state index is 0.546. The molecule has 0 aliphatic carbocycles. The fourth-order valence-electron chi connectivity index (χ4n) is 2.18. The van der Waals surface area contributed by atoms with Crippen LogP contribution in [0.2, 0.25) is 0 Å². The van der Waals surface area contributed by atoms with Crippen molar-refractivity contribution in [3.8, 4) is 5.82 Å². The van der Waals surface area contributed by atoms with Crippen LogP contribution in [0.3, 0.4) is 0 Å². The molecule has 0 spiro atoms. The molecule has 7 heteroatoms. The van der Waals surface area contributed by atoms with Gasteiger partial charge in [0.2, 0.25) is 0 Å². The van der Waals surface area contributed by atoms with E-state index < -0.39 is 0 Å². The monoisotopic (exact) mass is 324 g/mol. The molecule has 3 aromatic rings. The van der Waals surface area contributed by atoms with Gasteiger partial charge in [0, 0.05) is 25.1 Å². The van der Waals surface area contributed by atoms with Crippen LogP contribution in [0.15, 0.2) is 64.6 Å². The predicted molar refractivity (Wildman–Crippen MR) is 91.7 cm³/mol. The molecule has 0 atom stereocenters. The van der Waals surface area contributed by atoms with Gasteiger partial charge in [0.05, 0.1) is 19.4 Å². The molecule has 3 rings (SSSR count). The summed E-state index contributed by atoms with van der Waals surface area (Å²) in [5.41, 5.74) is 1.06. The molecule has 0 saturated carbocycles. The van der Waals surface area contributed by atoms with E-state index in [-0.39, 0.29) is 0 Å². The molecule has 7 nitrogen and oxygen atoms in total. The highest BCUT2D eigenvalue weighted by Crippen LogP contribution is 2.07. The Morgan fingerprint density at radius 1 is 1.25 bits per heavy atom. The number of nitrogens with zero attached hydrogens (tertiary/aromatic N) is 4. The van der Waals surface area contributed by atoms with Crippen LogP contribution in [0, 0.1) is 0 Å². The number of hydrogen-bond donors (Lipinski definition) is 2. The lowest BCUT2D eigenvalue weighted by Crippen LogP contribution is -2.36. The molecule has 0 aliphatic rings. The Hall–Kier alpha value is -3.09. The summed E-state index contributed by atoms with van der Waals surface area (Å²) < 4.78 is 7.05. The van der Waals surface area contributed by atoms with Gasteiger partial charge < -0.3 is 15.1 Å². The third-order valence-corrected chi connectivity index (χ3v) is 3.32. The normalized spacial score (nSPS) is 11.5. The third-order valence-electron chi connectivity index (χ3n) is 3.32. The molecule has 0 aromatic carbocycles. The van der Waals surface area contributed by atoms with Gasteiger partial charge in [-0.05, 0) is 42.8 Å². The van der Waals surface area contributed by atoms with Gasteiger partial charge in [-0.3, -0.25) is 0 Å².